The van der Waals surface area contributed by atoms with Crippen LogP contribution in [0.4, 0.5) is 4.79 Å². The third-order valence-electron chi connectivity index (χ3n) is 7.45. The highest BCUT2D eigenvalue weighted by atomic mass is 16.5. The molecule has 178 valence electrons. The summed E-state index contributed by atoms with van der Waals surface area (Å²) in [6.07, 6.45) is 3.79. The summed E-state index contributed by atoms with van der Waals surface area (Å²) in [4.78, 5) is 36.6. The number of amides is 2. The Bertz CT molecular complexity index is 1060. The van der Waals surface area contributed by atoms with Crippen LogP contribution in [0.25, 0.3) is 11.1 Å². The van der Waals surface area contributed by atoms with Crippen molar-refractivity contribution >= 4 is 18.0 Å². The van der Waals surface area contributed by atoms with Gasteiger partial charge in [-0.1, -0.05) is 48.5 Å². The summed E-state index contributed by atoms with van der Waals surface area (Å²) >= 11 is 0. The van der Waals surface area contributed by atoms with Gasteiger partial charge in [0, 0.05) is 18.4 Å². The van der Waals surface area contributed by atoms with Gasteiger partial charge in [-0.05, 0) is 60.3 Å². The minimum absolute atomic E-state index is 0.0193. The number of benzene rings is 2. The number of fused-ring (bicyclic) bond motifs is 3. The predicted molar refractivity (Wildman–Crippen MR) is 126 cm³/mol. The van der Waals surface area contributed by atoms with Gasteiger partial charge in [0.2, 0.25) is 5.91 Å². The van der Waals surface area contributed by atoms with Crippen LogP contribution in [-0.4, -0.2) is 41.3 Å². The van der Waals surface area contributed by atoms with Crippen molar-refractivity contribution in [2.24, 2.45) is 5.92 Å². The van der Waals surface area contributed by atoms with Crippen molar-refractivity contribution in [3.63, 3.8) is 0 Å². The van der Waals surface area contributed by atoms with E-state index in [2.05, 4.69) is 34.9 Å². The van der Waals surface area contributed by atoms with Crippen LogP contribution >= 0.6 is 0 Å². The average molecular weight is 463 g/mol. The number of aliphatic carboxylic acids is 1. The maximum atomic E-state index is 12.8. The van der Waals surface area contributed by atoms with E-state index in [9.17, 15) is 14.4 Å². The maximum Gasteiger partial charge on any atom is 0.407 e. The second-order valence-electron chi connectivity index (χ2n) is 9.87. The average Bonchev–Trinajstić information content (AvgIpc) is 3.59. The molecule has 2 amide bonds. The Morgan fingerprint density at radius 2 is 1.62 bits per heavy atom. The van der Waals surface area contributed by atoms with Crippen molar-refractivity contribution in [3.8, 4) is 11.1 Å². The van der Waals surface area contributed by atoms with E-state index in [0.717, 1.165) is 30.4 Å². The smallest absolute Gasteiger partial charge is 0.407 e. The van der Waals surface area contributed by atoms with Crippen LogP contribution in [-0.2, 0) is 14.3 Å². The fourth-order valence-corrected chi connectivity index (χ4v) is 5.39. The summed E-state index contributed by atoms with van der Waals surface area (Å²) in [6, 6.07) is 16.0. The van der Waals surface area contributed by atoms with Crippen LogP contribution < -0.4 is 10.6 Å². The Morgan fingerprint density at radius 1 is 1.00 bits per heavy atom. The molecule has 0 radical (unpaired) electrons. The third kappa shape index (κ3) is 4.65. The first-order chi connectivity index (χ1) is 16.4. The molecule has 1 atom stereocenters. The Labute approximate surface area is 198 Å². The summed E-state index contributed by atoms with van der Waals surface area (Å²) in [7, 11) is 0. The summed E-state index contributed by atoms with van der Waals surface area (Å²) < 4.78 is 5.68. The first-order valence-electron chi connectivity index (χ1n) is 12.1. The molecule has 0 bridgehead atoms. The molecule has 7 heteroatoms. The molecule has 3 aliphatic rings. The second-order valence-corrected chi connectivity index (χ2v) is 9.87. The maximum absolute atomic E-state index is 12.8. The van der Waals surface area contributed by atoms with Gasteiger partial charge in [0.15, 0.2) is 0 Å². The van der Waals surface area contributed by atoms with Crippen LogP contribution in [0.2, 0.25) is 0 Å². The molecule has 0 heterocycles. The highest BCUT2D eigenvalue weighted by Crippen LogP contribution is 2.44. The van der Waals surface area contributed by atoms with Crippen molar-refractivity contribution in [2.75, 3.05) is 6.61 Å². The number of carbonyl (C=O) groups excluding carboxylic acids is 2. The number of ether oxygens (including phenoxy) is 1. The minimum atomic E-state index is -0.910. The van der Waals surface area contributed by atoms with E-state index < -0.39 is 17.6 Å². The fraction of sp³-hybridized carbons (Fsp3) is 0.444. The van der Waals surface area contributed by atoms with Gasteiger partial charge in [-0.3, -0.25) is 9.59 Å². The molecule has 2 aromatic rings. The number of carbonyl (C=O) groups is 3. The molecule has 2 saturated carbocycles. The quantitative estimate of drug-likeness (QED) is 0.518. The van der Waals surface area contributed by atoms with Gasteiger partial charge >= 0.3 is 12.1 Å². The highest BCUT2D eigenvalue weighted by Gasteiger charge is 2.42. The Hall–Kier alpha value is -3.35. The van der Waals surface area contributed by atoms with Crippen molar-refractivity contribution in [3.05, 3.63) is 59.7 Å². The fourth-order valence-electron chi connectivity index (χ4n) is 5.39. The molecule has 3 N–H and O–H groups in total. The number of nitrogens with one attached hydrogen (secondary N) is 2. The highest BCUT2D eigenvalue weighted by molar-refractivity contribution is 5.81. The van der Waals surface area contributed by atoms with E-state index in [1.807, 2.05) is 24.3 Å². The molecule has 1 unspecified atom stereocenters. The van der Waals surface area contributed by atoms with Crippen molar-refractivity contribution in [1.82, 2.24) is 10.6 Å². The van der Waals surface area contributed by atoms with Crippen LogP contribution in [0.15, 0.2) is 48.5 Å². The zero-order chi connectivity index (χ0) is 23.7. The van der Waals surface area contributed by atoms with Gasteiger partial charge in [-0.15, -0.1) is 0 Å². The molecular formula is C27H30N2O5. The van der Waals surface area contributed by atoms with Crippen molar-refractivity contribution in [2.45, 2.75) is 62.4 Å². The monoisotopic (exact) mass is 462 g/mol. The Kier molecular flexibility index (Phi) is 6.02. The van der Waals surface area contributed by atoms with E-state index in [4.69, 9.17) is 9.84 Å². The van der Waals surface area contributed by atoms with Crippen LogP contribution in [0.3, 0.4) is 0 Å². The normalized spacial score (nSPS) is 18.7. The van der Waals surface area contributed by atoms with Crippen LogP contribution in [0, 0.1) is 5.92 Å². The number of carboxylic acids is 1. The molecule has 0 spiro atoms. The first-order valence-corrected chi connectivity index (χ1v) is 12.1. The van der Waals surface area contributed by atoms with E-state index in [-0.39, 0.29) is 43.2 Å². The number of hydrogen-bond acceptors (Lipinski definition) is 4. The van der Waals surface area contributed by atoms with Gasteiger partial charge in [0.25, 0.3) is 0 Å². The Morgan fingerprint density at radius 3 is 2.15 bits per heavy atom. The zero-order valence-electron chi connectivity index (χ0n) is 19.1. The predicted octanol–water partition coefficient (Wildman–Crippen LogP) is 4.21. The lowest BCUT2D eigenvalue weighted by Crippen LogP contribution is -2.56. The van der Waals surface area contributed by atoms with Gasteiger partial charge in [-0.25, -0.2) is 4.79 Å². The summed E-state index contributed by atoms with van der Waals surface area (Å²) in [5, 5.41) is 15.0. The summed E-state index contributed by atoms with van der Waals surface area (Å²) in [6.45, 7) is 0.227. The Balaban J connectivity index is 1.19. The lowest BCUT2D eigenvalue weighted by Gasteiger charge is -2.42. The SMILES string of the molecule is O=C(O)CC(NC(=O)CC1(NC(=O)OCC2c3ccccc3-c3ccccc32)CCC1)C1CC1. The van der Waals surface area contributed by atoms with Gasteiger partial charge < -0.3 is 20.5 Å². The van der Waals surface area contributed by atoms with E-state index in [1.165, 1.54) is 11.1 Å². The van der Waals surface area contributed by atoms with Gasteiger partial charge in [0.1, 0.15) is 6.61 Å². The van der Waals surface area contributed by atoms with Crippen molar-refractivity contribution in [1.29, 1.82) is 0 Å². The van der Waals surface area contributed by atoms with E-state index >= 15 is 0 Å². The standard InChI is InChI=1S/C27H30N2O5/c30-24(28-23(14-25(31)32)17-10-11-17)15-27(12-5-13-27)29-26(33)34-16-22-20-8-3-1-6-18(20)19-7-2-4-9-21(19)22/h1-4,6-9,17,22-23H,5,10-16H2,(H,28,30)(H,29,33)(H,31,32). The second kappa shape index (κ2) is 9.12. The molecule has 5 rings (SSSR count). The van der Waals surface area contributed by atoms with Gasteiger partial charge in [0.05, 0.1) is 12.0 Å². The number of alkyl carbamates (subject to hydrolysis) is 1. The molecule has 7 nitrogen and oxygen atoms in total. The first kappa shape index (κ1) is 22.4. The lowest BCUT2D eigenvalue weighted by molar-refractivity contribution is -0.138. The number of hydrogen-bond donors (Lipinski definition) is 3. The topological polar surface area (TPSA) is 105 Å². The zero-order valence-corrected chi connectivity index (χ0v) is 19.1. The molecule has 3 aliphatic carbocycles. The van der Waals surface area contributed by atoms with Crippen LogP contribution in [0.5, 0.6) is 0 Å². The van der Waals surface area contributed by atoms with Crippen molar-refractivity contribution < 1.29 is 24.2 Å². The minimum Gasteiger partial charge on any atom is -0.481 e. The number of carboxylic acid groups (broad SMARTS) is 1. The molecule has 2 aromatic carbocycles. The lowest BCUT2D eigenvalue weighted by atomic mass is 9.74. The molecule has 0 aromatic heterocycles. The summed E-state index contributed by atoms with van der Waals surface area (Å²) in [5.41, 5.74) is 4.03. The number of rotatable bonds is 9. The largest absolute Gasteiger partial charge is 0.481 e. The third-order valence-corrected chi connectivity index (χ3v) is 7.45. The molecular weight excluding hydrogens is 432 g/mol. The van der Waals surface area contributed by atoms with E-state index in [1.54, 1.807) is 0 Å². The molecule has 34 heavy (non-hydrogen) atoms. The van der Waals surface area contributed by atoms with Crippen LogP contribution in [0.1, 0.15) is 62.0 Å². The van der Waals surface area contributed by atoms with Gasteiger partial charge in [-0.2, -0.15) is 0 Å². The summed E-state index contributed by atoms with van der Waals surface area (Å²) in [5.74, 6) is -0.897. The molecule has 0 saturated heterocycles. The van der Waals surface area contributed by atoms with E-state index in [0.29, 0.717) is 12.8 Å². The molecule has 2 fully saturated rings. The molecule has 0 aliphatic heterocycles.